The van der Waals surface area contributed by atoms with Gasteiger partial charge in [-0.05, 0) is 23.9 Å². The summed E-state index contributed by atoms with van der Waals surface area (Å²) in [4.78, 5) is 3.74. The van der Waals surface area contributed by atoms with E-state index in [1.165, 1.54) is 0 Å². The molecule has 0 aliphatic heterocycles. The van der Waals surface area contributed by atoms with E-state index in [0.29, 0.717) is 5.56 Å². The van der Waals surface area contributed by atoms with Gasteiger partial charge in [-0.1, -0.05) is 0 Å². The van der Waals surface area contributed by atoms with Crippen molar-refractivity contribution in [2.45, 2.75) is 29.9 Å². The molecule has 0 N–H and O–H groups in total. The first-order chi connectivity index (χ1) is 8.90. The maximum atomic E-state index is 12.3. The summed E-state index contributed by atoms with van der Waals surface area (Å²) in [6, 6.07) is 1.70. The number of aryl methyl sites for hydroxylation is 1. The Morgan fingerprint density at radius 2 is 2.21 bits per heavy atom. The second-order valence-electron chi connectivity index (χ2n) is 3.90. The summed E-state index contributed by atoms with van der Waals surface area (Å²) in [5.41, 5.74) is 0.643. The van der Waals surface area contributed by atoms with Crippen LogP contribution in [0.4, 0.5) is 8.78 Å². The number of alkyl halides is 2. The van der Waals surface area contributed by atoms with E-state index in [0.717, 1.165) is 22.3 Å². The number of hydrogen-bond donors (Lipinski definition) is 0. The van der Waals surface area contributed by atoms with Crippen LogP contribution in [-0.4, -0.2) is 29.6 Å². The number of sulfone groups is 1. The van der Waals surface area contributed by atoms with Crippen molar-refractivity contribution in [2.75, 3.05) is 0 Å². The lowest BCUT2D eigenvalue weighted by Gasteiger charge is -2.06. The van der Waals surface area contributed by atoms with Crippen LogP contribution in [0, 0.1) is 6.92 Å². The SMILES string of the molecule is Cc1ccsc1S(=O)(=O)Cc1ncnn1CC(F)F. The molecule has 0 spiro atoms. The van der Waals surface area contributed by atoms with Gasteiger partial charge in [-0.2, -0.15) is 5.10 Å². The normalized spacial score (nSPS) is 12.2. The largest absolute Gasteiger partial charge is 0.257 e. The van der Waals surface area contributed by atoms with Gasteiger partial charge < -0.3 is 0 Å². The van der Waals surface area contributed by atoms with Gasteiger partial charge in [-0.3, -0.25) is 0 Å². The summed E-state index contributed by atoms with van der Waals surface area (Å²) in [6.07, 6.45) is -1.53. The molecule has 9 heteroatoms. The average Bonchev–Trinajstić information content (AvgIpc) is 2.88. The number of thiophene rings is 1. The number of halogens is 2. The summed E-state index contributed by atoms with van der Waals surface area (Å²) in [7, 11) is -3.58. The molecule has 0 unspecified atom stereocenters. The molecule has 104 valence electrons. The summed E-state index contributed by atoms with van der Waals surface area (Å²) in [5.74, 6) is -0.408. The van der Waals surface area contributed by atoms with Gasteiger partial charge in [0.1, 0.15) is 28.7 Å². The van der Waals surface area contributed by atoms with Crippen LogP contribution < -0.4 is 0 Å². The first kappa shape index (κ1) is 14.1. The summed E-state index contributed by atoms with van der Waals surface area (Å²) in [5, 5.41) is 5.28. The van der Waals surface area contributed by atoms with Crippen LogP contribution in [0.15, 0.2) is 22.0 Å². The van der Waals surface area contributed by atoms with Crippen molar-refractivity contribution in [3.8, 4) is 0 Å². The second kappa shape index (κ2) is 5.33. The van der Waals surface area contributed by atoms with Crippen molar-refractivity contribution in [1.82, 2.24) is 14.8 Å². The fourth-order valence-corrected chi connectivity index (χ4v) is 4.43. The minimum Gasteiger partial charge on any atom is -0.243 e. The molecule has 0 aliphatic carbocycles. The second-order valence-corrected chi connectivity index (χ2v) is 7.00. The van der Waals surface area contributed by atoms with Crippen molar-refractivity contribution >= 4 is 21.2 Å². The number of nitrogens with zero attached hydrogens (tertiary/aromatic N) is 3. The predicted molar refractivity (Wildman–Crippen MR) is 66.0 cm³/mol. The van der Waals surface area contributed by atoms with Gasteiger partial charge in [0.15, 0.2) is 9.84 Å². The molecule has 0 amide bonds. The molecular weight excluding hydrogens is 296 g/mol. The molecule has 0 aliphatic rings. The molecule has 0 atom stereocenters. The minimum absolute atomic E-state index is 0.0214. The fraction of sp³-hybridized carbons (Fsp3) is 0.400. The predicted octanol–water partition coefficient (Wildman–Crippen LogP) is 1.89. The third kappa shape index (κ3) is 3.16. The number of rotatable bonds is 5. The van der Waals surface area contributed by atoms with E-state index in [2.05, 4.69) is 10.1 Å². The summed E-state index contributed by atoms with van der Waals surface area (Å²) >= 11 is 1.10. The van der Waals surface area contributed by atoms with E-state index in [1.54, 1.807) is 18.4 Å². The topological polar surface area (TPSA) is 64.8 Å². The van der Waals surface area contributed by atoms with E-state index in [-0.39, 0.29) is 10.0 Å². The van der Waals surface area contributed by atoms with Crippen LogP contribution in [0.5, 0.6) is 0 Å². The van der Waals surface area contributed by atoms with Gasteiger partial charge >= 0.3 is 0 Å². The molecule has 0 aromatic carbocycles. The first-order valence-electron chi connectivity index (χ1n) is 5.32. The molecule has 2 aromatic heterocycles. The summed E-state index contributed by atoms with van der Waals surface area (Å²) in [6.45, 7) is 1.03. The highest BCUT2D eigenvalue weighted by Crippen LogP contribution is 2.25. The van der Waals surface area contributed by atoms with Crippen LogP contribution in [0.1, 0.15) is 11.4 Å². The van der Waals surface area contributed by atoms with E-state index < -0.39 is 28.6 Å². The van der Waals surface area contributed by atoms with Crippen LogP contribution in [0.25, 0.3) is 0 Å². The van der Waals surface area contributed by atoms with Gasteiger partial charge in [-0.15, -0.1) is 11.3 Å². The maximum Gasteiger partial charge on any atom is 0.257 e. The molecule has 5 nitrogen and oxygen atoms in total. The molecule has 19 heavy (non-hydrogen) atoms. The van der Waals surface area contributed by atoms with Gasteiger partial charge in [0.2, 0.25) is 0 Å². The Bertz CT molecular complexity index is 664. The van der Waals surface area contributed by atoms with Crippen LogP contribution in [0.3, 0.4) is 0 Å². The Hall–Kier alpha value is -1.35. The molecule has 0 fully saturated rings. The van der Waals surface area contributed by atoms with E-state index in [9.17, 15) is 17.2 Å². The number of aromatic nitrogens is 3. The average molecular weight is 307 g/mol. The molecule has 0 radical (unpaired) electrons. The molecule has 0 saturated carbocycles. The fourth-order valence-electron chi connectivity index (χ4n) is 1.60. The Morgan fingerprint density at radius 3 is 2.79 bits per heavy atom. The van der Waals surface area contributed by atoms with Crippen LogP contribution in [-0.2, 0) is 22.1 Å². The van der Waals surface area contributed by atoms with Crippen LogP contribution in [0.2, 0.25) is 0 Å². The van der Waals surface area contributed by atoms with Crippen molar-refractivity contribution in [2.24, 2.45) is 0 Å². The quantitative estimate of drug-likeness (QED) is 0.846. The smallest absolute Gasteiger partial charge is 0.243 e. The van der Waals surface area contributed by atoms with E-state index in [1.807, 2.05) is 0 Å². The third-order valence-electron chi connectivity index (χ3n) is 2.42. The monoisotopic (exact) mass is 307 g/mol. The van der Waals surface area contributed by atoms with Gasteiger partial charge in [0.05, 0.1) is 0 Å². The van der Waals surface area contributed by atoms with E-state index >= 15 is 0 Å². The van der Waals surface area contributed by atoms with Gasteiger partial charge in [0, 0.05) is 0 Å². The molecule has 0 bridgehead atoms. The Morgan fingerprint density at radius 1 is 1.47 bits per heavy atom. The van der Waals surface area contributed by atoms with Crippen molar-refractivity contribution in [1.29, 1.82) is 0 Å². The Balaban J connectivity index is 2.27. The van der Waals surface area contributed by atoms with Crippen molar-refractivity contribution < 1.29 is 17.2 Å². The first-order valence-corrected chi connectivity index (χ1v) is 7.85. The zero-order valence-corrected chi connectivity index (χ0v) is 11.6. The lowest BCUT2D eigenvalue weighted by molar-refractivity contribution is 0.120. The maximum absolute atomic E-state index is 12.3. The number of hydrogen-bond acceptors (Lipinski definition) is 5. The third-order valence-corrected chi connectivity index (χ3v) is 5.81. The standard InChI is InChI=1S/C10H11F2N3O2S2/c1-7-2-3-18-10(7)19(16,17)5-9-13-6-14-15(9)4-8(11)12/h2-3,6,8H,4-5H2,1H3. The molecule has 2 heterocycles. The highest BCUT2D eigenvalue weighted by molar-refractivity contribution is 7.92. The Labute approximate surface area is 112 Å². The molecule has 0 saturated heterocycles. The highest BCUT2D eigenvalue weighted by Gasteiger charge is 2.23. The Kier molecular flexibility index (Phi) is 3.95. The van der Waals surface area contributed by atoms with Gasteiger partial charge in [-0.25, -0.2) is 26.9 Å². The van der Waals surface area contributed by atoms with E-state index in [4.69, 9.17) is 0 Å². The molecular formula is C10H11F2N3O2S2. The minimum atomic E-state index is -3.58. The zero-order chi connectivity index (χ0) is 14.0. The van der Waals surface area contributed by atoms with Crippen molar-refractivity contribution in [3.05, 3.63) is 29.2 Å². The molecule has 2 rings (SSSR count). The van der Waals surface area contributed by atoms with Crippen molar-refractivity contribution in [3.63, 3.8) is 0 Å². The van der Waals surface area contributed by atoms with Gasteiger partial charge in [0.25, 0.3) is 6.43 Å². The highest BCUT2D eigenvalue weighted by atomic mass is 32.2. The summed E-state index contributed by atoms with van der Waals surface area (Å²) < 4.78 is 50.1. The lowest BCUT2D eigenvalue weighted by Crippen LogP contribution is -2.15. The zero-order valence-electron chi connectivity index (χ0n) is 9.95. The lowest BCUT2D eigenvalue weighted by atomic mass is 10.4. The van der Waals surface area contributed by atoms with Crippen LogP contribution >= 0.6 is 11.3 Å². The molecule has 2 aromatic rings.